The molecule has 1 aromatic rings. The summed E-state index contributed by atoms with van der Waals surface area (Å²) < 4.78 is 38.9. The van der Waals surface area contributed by atoms with Crippen molar-refractivity contribution in [2.45, 2.75) is 13.8 Å². The SMILES string of the molecule is CC(C)(CN)C(=O)c1ccc(F)c(F)c1F. The highest BCUT2D eigenvalue weighted by molar-refractivity contribution is 6.00. The summed E-state index contributed by atoms with van der Waals surface area (Å²) in [7, 11) is 0. The molecule has 88 valence electrons. The average Bonchev–Trinajstić information content (AvgIpc) is 2.25. The van der Waals surface area contributed by atoms with E-state index in [1.165, 1.54) is 13.8 Å². The molecule has 0 aliphatic heterocycles. The molecule has 0 spiro atoms. The van der Waals surface area contributed by atoms with Crippen molar-refractivity contribution in [3.8, 4) is 0 Å². The molecular weight excluding hydrogens is 219 g/mol. The first kappa shape index (κ1) is 12.7. The molecule has 1 aromatic carbocycles. The number of Topliss-reactive ketones (excluding diaryl/α,β-unsaturated/α-hetero) is 1. The van der Waals surface area contributed by atoms with Crippen molar-refractivity contribution in [1.29, 1.82) is 0 Å². The van der Waals surface area contributed by atoms with E-state index in [1.54, 1.807) is 0 Å². The van der Waals surface area contributed by atoms with Crippen molar-refractivity contribution in [2.24, 2.45) is 11.1 Å². The maximum absolute atomic E-state index is 13.3. The minimum absolute atomic E-state index is 0.00965. The number of hydrogen-bond acceptors (Lipinski definition) is 2. The molecule has 0 aliphatic carbocycles. The maximum atomic E-state index is 13.3. The van der Waals surface area contributed by atoms with Crippen molar-refractivity contribution in [3.05, 3.63) is 35.1 Å². The summed E-state index contributed by atoms with van der Waals surface area (Å²) in [6, 6.07) is 1.64. The van der Waals surface area contributed by atoms with Crippen LogP contribution in [0, 0.1) is 22.9 Å². The van der Waals surface area contributed by atoms with E-state index >= 15 is 0 Å². The van der Waals surface area contributed by atoms with Gasteiger partial charge >= 0.3 is 0 Å². The lowest BCUT2D eigenvalue weighted by Gasteiger charge is -2.20. The quantitative estimate of drug-likeness (QED) is 0.640. The molecule has 0 atom stereocenters. The molecule has 0 heterocycles. The fraction of sp³-hybridized carbons (Fsp3) is 0.364. The molecule has 0 bridgehead atoms. The number of carbonyl (C=O) groups is 1. The first-order valence-electron chi connectivity index (χ1n) is 4.69. The van der Waals surface area contributed by atoms with Gasteiger partial charge in [-0.05, 0) is 12.1 Å². The van der Waals surface area contributed by atoms with Gasteiger partial charge in [-0.1, -0.05) is 13.8 Å². The molecular formula is C11H12F3NO. The number of hydrogen-bond donors (Lipinski definition) is 1. The highest BCUT2D eigenvalue weighted by Crippen LogP contribution is 2.24. The van der Waals surface area contributed by atoms with Crippen molar-refractivity contribution < 1.29 is 18.0 Å². The van der Waals surface area contributed by atoms with Crippen molar-refractivity contribution in [3.63, 3.8) is 0 Å². The lowest BCUT2D eigenvalue weighted by Crippen LogP contribution is -2.33. The van der Waals surface area contributed by atoms with Crippen LogP contribution in [0.2, 0.25) is 0 Å². The van der Waals surface area contributed by atoms with E-state index in [0.717, 1.165) is 12.1 Å². The molecule has 0 amide bonds. The van der Waals surface area contributed by atoms with Gasteiger partial charge in [-0.2, -0.15) is 0 Å². The highest BCUT2D eigenvalue weighted by atomic mass is 19.2. The molecule has 5 heteroatoms. The van der Waals surface area contributed by atoms with Crippen LogP contribution in [0.3, 0.4) is 0 Å². The largest absolute Gasteiger partial charge is 0.329 e. The molecule has 0 saturated heterocycles. The van der Waals surface area contributed by atoms with Crippen LogP contribution in [0.4, 0.5) is 13.2 Å². The Labute approximate surface area is 91.3 Å². The predicted octanol–water partition coefficient (Wildman–Crippen LogP) is 2.27. The fourth-order valence-corrected chi connectivity index (χ4v) is 1.16. The number of benzene rings is 1. The van der Waals surface area contributed by atoms with Crippen molar-refractivity contribution in [2.75, 3.05) is 6.54 Å². The van der Waals surface area contributed by atoms with Gasteiger partial charge in [0.1, 0.15) is 0 Å². The van der Waals surface area contributed by atoms with E-state index in [1.807, 2.05) is 0 Å². The zero-order chi connectivity index (χ0) is 12.5. The van der Waals surface area contributed by atoms with E-state index in [0.29, 0.717) is 0 Å². The second-order valence-electron chi connectivity index (χ2n) is 4.14. The summed E-state index contributed by atoms with van der Waals surface area (Å²) in [5.74, 6) is -5.07. The van der Waals surface area contributed by atoms with E-state index in [2.05, 4.69) is 0 Å². The maximum Gasteiger partial charge on any atom is 0.195 e. The Morgan fingerprint density at radius 3 is 2.31 bits per heavy atom. The smallest absolute Gasteiger partial charge is 0.195 e. The number of nitrogens with two attached hydrogens (primary N) is 1. The first-order valence-corrected chi connectivity index (χ1v) is 4.69. The summed E-state index contributed by atoms with van der Waals surface area (Å²) in [5.41, 5.74) is 3.87. The van der Waals surface area contributed by atoms with Gasteiger partial charge in [0.15, 0.2) is 23.2 Å². The molecule has 0 unspecified atom stereocenters. The minimum atomic E-state index is -1.64. The molecule has 1 rings (SSSR count). The Bertz CT molecular complexity index is 429. The van der Waals surface area contributed by atoms with Crippen LogP contribution in [0.25, 0.3) is 0 Å². The van der Waals surface area contributed by atoms with Crippen LogP contribution in [-0.2, 0) is 0 Å². The van der Waals surface area contributed by atoms with E-state index in [9.17, 15) is 18.0 Å². The third-order valence-corrected chi connectivity index (χ3v) is 2.40. The monoisotopic (exact) mass is 231 g/mol. The predicted molar refractivity (Wildman–Crippen MR) is 53.5 cm³/mol. The summed E-state index contributed by atoms with van der Waals surface area (Å²) in [5, 5.41) is 0. The average molecular weight is 231 g/mol. The molecule has 0 radical (unpaired) electrons. The standard InChI is InChI=1S/C11H12F3NO/c1-11(2,5-15)10(16)6-3-4-7(12)9(14)8(6)13/h3-4H,5,15H2,1-2H3. The Hall–Kier alpha value is -1.36. The van der Waals surface area contributed by atoms with Crippen LogP contribution in [0.5, 0.6) is 0 Å². The van der Waals surface area contributed by atoms with Gasteiger partial charge in [-0.3, -0.25) is 4.79 Å². The van der Waals surface area contributed by atoms with Gasteiger partial charge in [0.25, 0.3) is 0 Å². The van der Waals surface area contributed by atoms with Crippen molar-refractivity contribution >= 4 is 5.78 Å². The number of carbonyl (C=O) groups excluding carboxylic acids is 1. The third-order valence-electron chi connectivity index (χ3n) is 2.40. The van der Waals surface area contributed by atoms with Gasteiger partial charge < -0.3 is 5.73 Å². The molecule has 2 nitrogen and oxygen atoms in total. The molecule has 0 aliphatic rings. The summed E-state index contributed by atoms with van der Waals surface area (Å²) >= 11 is 0. The van der Waals surface area contributed by atoms with E-state index in [-0.39, 0.29) is 6.54 Å². The van der Waals surface area contributed by atoms with Gasteiger partial charge in [0, 0.05) is 12.0 Å². The Balaban J connectivity index is 3.26. The number of rotatable bonds is 3. The van der Waals surface area contributed by atoms with Crippen molar-refractivity contribution in [1.82, 2.24) is 0 Å². The molecule has 2 N–H and O–H groups in total. The van der Waals surface area contributed by atoms with Gasteiger partial charge in [0.05, 0.1) is 5.56 Å². The molecule has 0 fully saturated rings. The molecule has 0 saturated carbocycles. The minimum Gasteiger partial charge on any atom is -0.329 e. The topological polar surface area (TPSA) is 43.1 Å². The Morgan fingerprint density at radius 2 is 1.81 bits per heavy atom. The van der Waals surface area contributed by atoms with E-state index in [4.69, 9.17) is 5.73 Å². The summed E-state index contributed by atoms with van der Waals surface area (Å²) in [4.78, 5) is 11.8. The van der Waals surface area contributed by atoms with Gasteiger partial charge in [-0.15, -0.1) is 0 Å². The Kier molecular flexibility index (Phi) is 3.38. The van der Waals surface area contributed by atoms with Gasteiger partial charge in [-0.25, -0.2) is 13.2 Å². The van der Waals surface area contributed by atoms with Crippen LogP contribution in [-0.4, -0.2) is 12.3 Å². The molecule has 0 aromatic heterocycles. The zero-order valence-corrected chi connectivity index (χ0v) is 8.98. The second kappa shape index (κ2) is 4.25. The fourth-order valence-electron chi connectivity index (χ4n) is 1.16. The van der Waals surface area contributed by atoms with Crippen LogP contribution in [0.15, 0.2) is 12.1 Å². The second-order valence-corrected chi connectivity index (χ2v) is 4.14. The highest BCUT2D eigenvalue weighted by Gasteiger charge is 2.30. The lowest BCUT2D eigenvalue weighted by atomic mass is 9.84. The van der Waals surface area contributed by atoms with Crippen LogP contribution >= 0.6 is 0 Å². The lowest BCUT2D eigenvalue weighted by molar-refractivity contribution is 0.0842. The van der Waals surface area contributed by atoms with Crippen LogP contribution in [0.1, 0.15) is 24.2 Å². The number of ketones is 1. The summed E-state index contributed by atoms with van der Waals surface area (Å²) in [6.45, 7) is 3.01. The number of halogens is 3. The van der Waals surface area contributed by atoms with E-state index < -0.39 is 34.2 Å². The van der Waals surface area contributed by atoms with Crippen LogP contribution < -0.4 is 5.73 Å². The third kappa shape index (κ3) is 2.09. The first-order chi connectivity index (χ1) is 7.31. The van der Waals surface area contributed by atoms with Gasteiger partial charge in [0.2, 0.25) is 0 Å². The summed E-state index contributed by atoms with van der Waals surface area (Å²) in [6.07, 6.45) is 0. The normalized spacial score (nSPS) is 11.6. The molecule has 16 heavy (non-hydrogen) atoms. The zero-order valence-electron chi connectivity index (χ0n) is 8.98. The Morgan fingerprint density at radius 1 is 1.25 bits per heavy atom.